The zero-order valence-corrected chi connectivity index (χ0v) is 13.3. The first kappa shape index (κ1) is 14.5. The van der Waals surface area contributed by atoms with Crippen molar-refractivity contribution in [3.63, 3.8) is 0 Å². The van der Waals surface area contributed by atoms with Crippen LogP contribution in [0, 0.1) is 17.3 Å². The Morgan fingerprint density at radius 1 is 1.30 bits per heavy atom. The van der Waals surface area contributed by atoms with Crippen LogP contribution in [0.2, 0.25) is 0 Å². The van der Waals surface area contributed by atoms with E-state index in [-0.39, 0.29) is 11.3 Å². The number of rotatable bonds is 5. The van der Waals surface area contributed by atoms with Crippen molar-refractivity contribution in [1.29, 1.82) is 0 Å². The molecule has 2 fully saturated rings. The molecule has 0 radical (unpaired) electrons. The predicted octanol–water partition coefficient (Wildman–Crippen LogP) is 3.08. The SMILES string of the molecule is O=C(NCc1ncc[nH]1)C1(Cc2ccccc2)CC2CCC1C2. The standard InChI is InChI=1S/C19H23N3O/c23-18(22-13-17-20-8-9-21-17)19(11-14-4-2-1-3-5-14)12-15-6-7-16(19)10-15/h1-5,8-9,15-16H,6-7,10-13H2,(H,20,21)(H,22,23). The number of nitrogens with zero attached hydrogens (tertiary/aromatic N) is 1. The molecule has 2 saturated carbocycles. The maximum absolute atomic E-state index is 13.1. The molecule has 2 aliphatic rings. The van der Waals surface area contributed by atoms with Crippen LogP contribution in [0.25, 0.3) is 0 Å². The molecule has 2 bridgehead atoms. The molecular formula is C19H23N3O. The normalized spacial score (nSPS) is 28.9. The highest BCUT2D eigenvalue weighted by Gasteiger charge is 2.55. The lowest BCUT2D eigenvalue weighted by atomic mass is 9.68. The van der Waals surface area contributed by atoms with E-state index in [1.807, 2.05) is 6.07 Å². The zero-order chi connectivity index (χ0) is 15.7. The predicted molar refractivity (Wildman–Crippen MR) is 88.5 cm³/mol. The molecule has 1 heterocycles. The van der Waals surface area contributed by atoms with Gasteiger partial charge >= 0.3 is 0 Å². The van der Waals surface area contributed by atoms with E-state index in [1.54, 1.807) is 12.4 Å². The lowest BCUT2D eigenvalue weighted by molar-refractivity contribution is -0.134. The summed E-state index contributed by atoms with van der Waals surface area (Å²) in [6.45, 7) is 0.486. The number of imidazole rings is 1. The van der Waals surface area contributed by atoms with Gasteiger partial charge in [0.05, 0.1) is 12.0 Å². The van der Waals surface area contributed by atoms with E-state index in [4.69, 9.17) is 0 Å². The fourth-order valence-electron chi connectivity index (χ4n) is 4.71. The number of carbonyl (C=O) groups is 1. The molecule has 4 rings (SSSR count). The minimum atomic E-state index is -0.225. The fourth-order valence-corrected chi connectivity index (χ4v) is 4.71. The number of nitrogens with one attached hydrogen (secondary N) is 2. The molecule has 0 saturated heterocycles. The first-order valence-electron chi connectivity index (χ1n) is 8.57. The van der Waals surface area contributed by atoms with E-state index in [2.05, 4.69) is 39.6 Å². The number of aromatic nitrogens is 2. The second-order valence-corrected chi connectivity index (χ2v) is 7.12. The Morgan fingerprint density at radius 3 is 2.83 bits per heavy atom. The van der Waals surface area contributed by atoms with Gasteiger partial charge in [-0.15, -0.1) is 0 Å². The third kappa shape index (κ3) is 2.67. The summed E-state index contributed by atoms with van der Waals surface area (Å²) in [5.74, 6) is 2.30. The smallest absolute Gasteiger partial charge is 0.227 e. The third-order valence-electron chi connectivity index (χ3n) is 5.76. The van der Waals surface area contributed by atoms with Gasteiger partial charge in [-0.2, -0.15) is 0 Å². The summed E-state index contributed by atoms with van der Waals surface area (Å²) in [5, 5.41) is 3.14. The van der Waals surface area contributed by atoms with Gasteiger partial charge in [-0.25, -0.2) is 4.98 Å². The zero-order valence-electron chi connectivity index (χ0n) is 13.3. The average molecular weight is 309 g/mol. The number of benzene rings is 1. The van der Waals surface area contributed by atoms with Gasteiger partial charge in [-0.3, -0.25) is 4.79 Å². The van der Waals surface area contributed by atoms with Crippen LogP contribution in [0.4, 0.5) is 0 Å². The van der Waals surface area contributed by atoms with Crippen LogP contribution in [0.15, 0.2) is 42.7 Å². The van der Waals surface area contributed by atoms with Crippen molar-refractivity contribution in [2.45, 2.75) is 38.6 Å². The number of hydrogen-bond acceptors (Lipinski definition) is 2. The summed E-state index contributed by atoms with van der Waals surface area (Å²) in [4.78, 5) is 20.4. The van der Waals surface area contributed by atoms with Crippen molar-refractivity contribution in [2.75, 3.05) is 0 Å². The van der Waals surface area contributed by atoms with Gasteiger partial charge in [-0.05, 0) is 43.1 Å². The summed E-state index contributed by atoms with van der Waals surface area (Å²) < 4.78 is 0. The number of fused-ring (bicyclic) bond motifs is 2. The van der Waals surface area contributed by atoms with Crippen molar-refractivity contribution in [2.24, 2.45) is 17.3 Å². The van der Waals surface area contributed by atoms with Crippen LogP contribution < -0.4 is 5.32 Å². The Morgan fingerprint density at radius 2 is 2.17 bits per heavy atom. The van der Waals surface area contributed by atoms with E-state index < -0.39 is 0 Å². The van der Waals surface area contributed by atoms with E-state index >= 15 is 0 Å². The molecule has 1 amide bonds. The molecule has 2 N–H and O–H groups in total. The summed E-state index contributed by atoms with van der Waals surface area (Å²) in [6, 6.07) is 10.5. The number of H-pyrrole nitrogens is 1. The van der Waals surface area contributed by atoms with Crippen molar-refractivity contribution in [3.05, 3.63) is 54.1 Å². The number of hydrogen-bond donors (Lipinski definition) is 2. The van der Waals surface area contributed by atoms with E-state index in [0.29, 0.717) is 12.5 Å². The van der Waals surface area contributed by atoms with Gasteiger partial charge in [-0.1, -0.05) is 36.8 Å². The third-order valence-corrected chi connectivity index (χ3v) is 5.76. The molecule has 3 unspecified atom stereocenters. The Balaban J connectivity index is 1.54. The van der Waals surface area contributed by atoms with Gasteiger partial charge in [0, 0.05) is 12.4 Å². The first-order valence-corrected chi connectivity index (χ1v) is 8.57. The van der Waals surface area contributed by atoms with Gasteiger partial charge in [0.25, 0.3) is 0 Å². The Kier molecular flexibility index (Phi) is 3.68. The highest BCUT2D eigenvalue weighted by molar-refractivity contribution is 5.84. The van der Waals surface area contributed by atoms with Gasteiger partial charge in [0.15, 0.2) is 0 Å². The van der Waals surface area contributed by atoms with Crippen LogP contribution in [-0.4, -0.2) is 15.9 Å². The van der Waals surface area contributed by atoms with Gasteiger partial charge in [0.2, 0.25) is 5.91 Å². The summed E-state index contributed by atoms with van der Waals surface area (Å²) in [5.41, 5.74) is 1.05. The minimum Gasteiger partial charge on any atom is -0.348 e. The maximum atomic E-state index is 13.1. The minimum absolute atomic E-state index is 0.213. The van der Waals surface area contributed by atoms with Crippen molar-refractivity contribution in [1.82, 2.24) is 15.3 Å². The van der Waals surface area contributed by atoms with Crippen LogP contribution in [0.3, 0.4) is 0 Å². The Bertz CT molecular complexity index is 667. The molecule has 120 valence electrons. The van der Waals surface area contributed by atoms with Crippen molar-refractivity contribution < 1.29 is 4.79 Å². The quantitative estimate of drug-likeness (QED) is 0.892. The summed E-state index contributed by atoms with van der Waals surface area (Å²) in [6.07, 6.45) is 9.13. The van der Waals surface area contributed by atoms with Crippen molar-refractivity contribution >= 4 is 5.91 Å². The maximum Gasteiger partial charge on any atom is 0.227 e. The largest absolute Gasteiger partial charge is 0.348 e. The molecule has 4 heteroatoms. The van der Waals surface area contributed by atoms with E-state index in [9.17, 15) is 4.79 Å². The lowest BCUT2D eigenvalue weighted by Gasteiger charge is -2.36. The second-order valence-electron chi connectivity index (χ2n) is 7.12. The molecule has 2 aromatic rings. The monoisotopic (exact) mass is 309 g/mol. The molecule has 2 aliphatic carbocycles. The fraction of sp³-hybridized carbons (Fsp3) is 0.474. The molecule has 3 atom stereocenters. The van der Waals surface area contributed by atoms with E-state index in [0.717, 1.165) is 24.6 Å². The van der Waals surface area contributed by atoms with E-state index in [1.165, 1.54) is 24.8 Å². The Labute approximate surface area is 136 Å². The lowest BCUT2D eigenvalue weighted by Crippen LogP contribution is -2.46. The number of amides is 1. The van der Waals surface area contributed by atoms with Crippen molar-refractivity contribution in [3.8, 4) is 0 Å². The van der Waals surface area contributed by atoms with Crippen LogP contribution in [0.5, 0.6) is 0 Å². The Hall–Kier alpha value is -2.10. The average Bonchev–Trinajstić information content (AvgIpc) is 3.31. The van der Waals surface area contributed by atoms with Gasteiger partial charge in [0.1, 0.15) is 5.82 Å². The van der Waals surface area contributed by atoms with Gasteiger partial charge < -0.3 is 10.3 Å². The summed E-state index contributed by atoms with van der Waals surface area (Å²) in [7, 11) is 0. The van der Waals surface area contributed by atoms with Crippen LogP contribution in [0.1, 0.15) is 37.1 Å². The summed E-state index contributed by atoms with van der Waals surface area (Å²) >= 11 is 0. The molecule has 0 aliphatic heterocycles. The molecular weight excluding hydrogens is 286 g/mol. The molecule has 23 heavy (non-hydrogen) atoms. The molecule has 1 aromatic carbocycles. The number of carbonyl (C=O) groups excluding carboxylic acids is 1. The van der Waals surface area contributed by atoms with Crippen LogP contribution in [-0.2, 0) is 17.8 Å². The number of aromatic amines is 1. The van der Waals surface area contributed by atoms with Crippen LogP contribution >= 0.6 is 0 Å². The highest BCUT2D eigenvalue weighted by Crippen LogP contribution is 2.57. The molecule has 4 nitrogen and oxygen atoms in total. The first-order chi connectivity index (χ1) is 11.3. The second kappa shape index (κ2) is 5.84. The topological polar surface area (TPSA) is 57.8 Å². The molecule has 0 spiro atoms. The molecule has 1 aromatic heterocycles. The highest BCUT2D eigenvalue weighted by atomic mass is 16.2.